The van der Waals surface area contributed by atoms with Crippen molar-refractivity contribution >= 4 is 11.8 Å². The Balaban J connectivity index is 1.51. The summed E-state index contributed by atoms with van der Waals surface area (Å²) in [6.45, 7) is 6.34. The lowest BCUT2D eigenvalue weighted by Gasteiger charge is -2.30. The second-order valence-electron chi connectivity index (χ2n) is 7.66. The lowest BCUT2D eigenvalue weighted by molar-refractivity contribution is -0.134. The van der Waals surface area contributed by atoms with Gasteiger partial charge in [0, 0.05) is 51.5 Å². The largest absolute Gasteiger partial charge is 0.342 e. The standard InChI is InChI=1S/C20H27N3O2/c1-14-5-2-3-6-16(14)20-17-12-21-11-15(17)13-23(20)19(25)8-10-22-9-4-7-18(22)24/h2-3,5-6,15,17,20-21H,4,7-13H2,1H3/t15-,17-,20+/m0/s1. The molecule has 0 aromatic heterocycles. The number of rotatable bonds is 4. The molecule has 3 saturated heterocycles. The Morgan fingerprint density at radius 2 is 2.12 bits per heavy atom. The Morgan fingerprint density at radius 3 is 2.88 bits per heavy atom. The van der Waals surface area contributed by atoms with Crippen LogP contribution in [-0.2, 0) is 9.59 Å². The van der Waals surface area contributed by atoms with Crippen LogP contribution in [0.3, 0.4) is 0 Å². The van der Waals surface area contributed by atoms with Crippen molar-refractivity contribution in [3.63, 3.8) is 0 Å². The molecule has 0 aliphatic carbocycles. The van der Waals surface area contributed by atoms with Crippen LogP contribution in [0.1, 0.15) is 36.4 Å². The molecule has 1 aromatic rings. The fraction of sp³-hybridized carbons (Fsp3) is 0.600. The van der Waals surface area contributed by atoms with Crippen molar-refractivity contribution in [1.29, 1.82) is 0 Å². The molecule has 5 heteroatoms. The molecule has 3 aliphatic heterocycles. The van der Waals surface area contributed by atoms with Gasteiger partial charge >= 0.3 is 0 Å². The maximum absolute atomic E-state index is 13.0. The number of aryl methyl sites for hydroxylation is 1. The second-order valence-corrected chi connectivity index (χ2v) is 7.66. The maximum atomic E-state index is 13.0. The highest BCUT2D eigenvalue weighted by Gasteiger charge is 2.46. The number of likely N-dealkylation sites (tertiary alicyclic amines) is 2. The van der Waals surface area contributed by atoms with E-state index in [1.807, 2.05) is 4.90 Å². The molecule has 5 nitrogen and oxygen atoms in total. The Bertz CT molecular complexity index is 675. The van der Waals surface area contributed by atoms with Gasteiger partial charge in [0.2, 0.25) is 11.8 Å². The maximum Gasteiger partial charge on any atom is 0.224 e. The summed E-state index contributed by atoms with van der Waals surface area (Å²) in [5, 5.41) is 3.49. The molecule has 1 aromatic carbocycles. The zero-order valence-corrected chi connectivity index (χ0v) is 14.9. The van der Waals surface area contributed by atoms with E-state index in [9.17, 15) is 9.59 Å². The van der Waals surface area contributed by atoms with Gasteiger partial charge in [-0.1, -0.05) is 24.3 Å². The summed E-state index contributed by atoms with van der Waals surface area (Å²) in [5.74, 6) is 1.44. The first-order chi connectivity index (χ1) is 12.1. The van der Waals surface area contributed by atoms with Crippen molar-refractivity contribution in [3.05, 3.63) is 35.4 Å². The molecular formula is C20H27N3O2. The SMILES string of the molecule is Cc1ccccc1[C@@H]1[C@H]2CNC[C@H]2CN1C(=O)CCN1CCCC1=O. The lowest BCUT2D eigenvalue weighted by atomic mass is 9.87. The number of nitrogens with one attached hydrogen (secondary N) is 1. The topological polar surface area (TPSA) is 52.7 Å². The van der Waals surface area contributed by atoms with E-state index in [2.05, 4.69) is 41.4 Å². The first kappa shape index (κ1) is 16.6. The van der Waals surface area contributed by atoms with E-state index in [0.29, 0.717) is 31.2 Å². The number of nitrogens with zero attached hydrogens (tertiary/aromatic N) is 2. The van der Waals surface area contributed by atoms with Gasteiger partial charge in [0.15, 0.2) is 0 Å². The molecule has 3 atom stereocenters. The summed E-state index contributed by atoms with van der Waals surface area (Å²) in [5.41, 5.74) is 2.54. The zero-order valence-electron chi connectivity index (χ0n) is 14.9. The molecule has 25 heavy (non-hydrogen) atoms. The molecule has 0 saturated carbocycles. The van der Waals surface area contributed by atoms with Crippen LogP contribution in [0.15, 0.2) is 24.3 Å². The molecule has 0 unspecified atom stereocenters. The highest BCUT2D eigenvalue weighted by atomic mass is 16.2. The molecule has 3 fully saturated rings. The van der Waals surface area contributed by atoms with E-state index in [4.69, 9.17) is 0 Å². The van der Waals surface area contributed by atoms with E-state index in [1.165, 1.54) is 11.1 Å². The number of amides is 2. The molecule has 3 heterocycles. The van der Waals surface area contributed by atoms with Crippen LogP contribution in [0.5, 0.6) is 0 Å². The first-order valence-electron chi connectivity index (χ1n) is 9.48. The van der Waals surface area contributed by atoms with Crippen molar-refractivity contribution in [1.82, 2.24) is 15.1 Å². The Labute approximate surface area is 149 Å². The van der Waals surface area contributed by atoms with E-state index in [0.717, 1.165) is 32.6 Å². The van der Waals surface area contributed by atoms with Gasteiger partial charge in [-0.05, 0) is 30.4 Å². The van der Waals surface area contributed by atoms with Crippen LogP contribution in [0.25, 0.3) is 0 Å². The highest BCUT2D eigenvalue weighted by Crippen LogP contribution is 2.43. The molecule has 3 aliphatic rings. The van der Waals surface area contributed by atoms with Crippen LogP contribution in [0.2, 0.25) is 0 Å². The first-order valence-corrected chi connectivity index (χ1v) is 9.48. The van der Waals surface area contributed by atoms with Gasteiger partial charge in [-0.25, -0.2) is 0 Å². The van der Waals surface area contributed by atoms with Gasteiger partial charge in [0.1, 0.15) is 0 Å². The third-order valence-electron chi connectivity index (χ3n) is 6.16. The van der Waals surface area contributed by atoms with Gasteiger partial charge in [-0.2, -0.15) is 0 Å². The summed E-state index contributed by atoms with van der Waals surface area (Å²) < 4.78 is 0. The minimum atomic E-state index is 0.169. The van der Waals surface area contributed by atoms with Gasteiger partial charge in [-0.15, -0.1) is 0 Å². The highest BCUT2D eigenvalue weighted by molar-refractivity contribution is 5.80. The van der Waals surface area contributed by atoms with Gasteiger partial charge in [-0.3, -0.25) is 9.59 Å². The number of carbonyl (C=O) groups is 2. The Morgan fingerprint density at radius 1 is 1.28 bits per heavy atom. The van der Waals surface area contributed by atoms with Gasteiger partial charge in [0.25, 0.3) is 0 Å². The molecule has 0 bridgehead atoms. The molecule has 0 spiro atoms. The van der Waals surface area contributed by atoms with Crippen LogP contribution < -0.4 is 5.32 Å². The Hall–Kier alpha value is -1.88. The lowest BCUT2D eigenvalue weighted by Crippen LogP contribution is -2.37. The minimum absolute atomic E-state index is 0.169. The average Bonchev–Trinajstić information content (AvgIpc) is 3.29. The molecule has 134 valence electrons. The minimum Gasteiger partial charge on any atom is -0.342 e. The van der Waals surface area contributed by atoms with E-state index < -0.39 is 0 Å². The van der Waals surface area contributed by atoms with Crippen molar-refractivity contribution in [2.45, 2.75) is 32.2 Å². The molecule has 0 radical (unpaired) electrons. The fourth-order valence-corrected chi connectivity index (χ4v) is 4.81. The van der Waals surface area contributed by atoms with Crippen LogP contribution in [0, 0.1) is 18.8 Å². The van der Waals surface area contributed by atoms with E-state index in [1.54, 1.807) is 0 Å². The normalized spacial score (nSPS) is 28.7. The number of fused-ring (bicyclic) bond motifs is 1. The van der Waals surface area contributed by atoms with Crippen molar-refractivity contribution in [3.8, 4) is 0 Å². The van der Waals surface area contributed by atoms with E-state index >= 15 is 0 Å². The number of carbonyl (C=O) groups excluding carboxylic acids is 2. The van der Waals surface area contributed by atoms with E-state index in [-0.39, 0.29) is 17.9 Å². The van der Waals surface area contributed by atoms with Crippen LogP contribution >= 0.6 is 0 Å². The fourth-order valence-electron chi connectivity index (χ4n) is 4.81. The third-order valence-corrected chi connectivity index (χ3v) is 6.16. The van der Waals surface area contributed by atoms with Gasteiger partial charge < -0.3 is 15.1 Å². The summed E-state index contributed by atoms with van der Waals surface area (Å²) in [4.78, 5) is 28.7. The summed E-state index contributed by atoms with van der Waals surface area (Å²) in [7, 11) is 0. The summed E-state index contributed by atoms with van der Waals surface area (Å²) in [6, 6.07) is 8.61. The molecule has 2 amide bonds. The second kappa shape index (κ2) is 6.79. The van der Waals surface area contributed by atoms with Crippen molar-refractivity contribution in [2.24, 2.45) is 11.8 Å². The third kappa shape index (κ3) is 3.06. The molecular weight excluding hydrogens is 314 g/mol. The van der Waals surface area contributed by atoms with Crippen LogP contribution in [-0.4, -0.2) is 54.3 Å². The average molecular weight is 341 g/mol. The van der Waals surface area contributed by atoms with Crippen molar-refractivity contribution in [2.75, 3.05) is 32.7 Å². The van der Waals surface area contributed by atoms with Crippen molar-refractivity contribution < 1.29 is 9.59 Å². The summed E-state index contributed by atoms with van der Waals surface area (Å²) >= 11 is 0. The van der Waals surface area contributed by atoms with Crippen LogP contribution in [0.4, 0.5) is 0 Å². The monoisotopic (exact) mass is 341 g/mol. The number of hydrogen-bond donors (Lipinski definition) is 1. The predicted octanol–water partition coefficient (Wildman–Crippen LogP) is 1.73. The number of benzene rings is 1. The summed E-state index contributed by atoms with van der Waals surface area (Å²) in [6.07, 6.45) is 2.01. The van der Waals surface area contributed by atoms with Gasteiger partial charge in [0.05, 0.1) is 6.04 Å². The number of hydrogen-bond acceptors (Lipinski definition) is 3. The smallest absolute Gasteiger partial charge is 0.224 e. The molecule has 1 N–H and O–H groups in total. The zero-order chi connectivity index (χ0) is 17.4. The predicted molar refractivity (Wildman–Crippen MR) is 95.9 cm³/mol. The Kier molecular flexibility index (Phi) is 4.50. The quantitative estimate of drug-likeness (QED) is 0.907. The molecule has 4 rings (SSSR count).